The van der Waals surface area contributed by atoms with Crippen molar-refractivity contribution in [3.05, 3.63) is 72.3 Å². The van der Waals surface area contributed by atoms with Gasteiger partial charge in [-0.05, 0) is 50.1 Å². The lowest BCUT2D eigenvalue weighted by atomic mass is 10.1. The maximum absolute atomic E-state index is 14.4. The number of amides is 2. The van der Waals surface area contributed by atoms with Crippen LogP contribution >= 0.6 is 0 Å². The van der Waals surface area contributed by atoms with Crippen molar-refractivity contribution < 1.29 is 37.0 Å². The van der Waals surface area contributed by atoms with Crippen LogP contribution < -0.4 is 28.6 Å². The summed E-state index contributed by atoms with van der Waals surface area (Å²) in [6.07, 6.45) is 0.308. The predicted molar refractivity (Wildman–Crippen MR) is 168 cm³/mol. The van der Waals surface area contributed by atoms with Gasteiger partial charge in [0.1, 0.15) is 24.1 Å². The average molecular weight is 628 g/mol. The minimum absolute atomic E-state index is 0.0781. The van der Waals surface area contributed by atoms with Crippen LogP contribution in [0, 0.1) is 0 Å². The molecule has 0 aromatic heterocycles. The molecule has 11 nitrogen and oxygen atoms in total. The second kappa shape index (κ2) is 15.3. The summed E-state index contributed by atoms with van der Waals surface area (Å²) in [5.41, 5.74) is 0.860. The summed E-state index contributed by atoms with van der Waals surface area (Å²) in [6, 6.07) is 17.0. The van der Waals surface area contributed by atoms with Gasteiger partial charge in [0.15, 0.2) is 11.5 Å². The second-order valence-electron chi connectivity index (χ2n) is 10.2. The molecule has 3 aromatic carbocycles. The van der Waals surface area contributed by atoms with Gasteiger partial charge in [0, 0.05) is 24.7 Å². The predicted octanol–water partition coefficient (Wildman–Crippen LogP) is 4.25. The maximum atomic E-state index is 14.4. The Kier molecular flexibility index (Phi) is 11.9. The molecule has 1 atom stereocenters. The van der Waals surface area contributed by atoms with Gasteiger partial charge in [0.05, 0.1) is 39.0 Å². The quantitative estimate of drug-likeness (QED) is 0.265. The highest BCUT2D eigenvalue weighted by molar-refractivity contribution is 7.92. The number of ether oxygens (including phenoxy) is 4. The highest BCUT2D eigenvalue weighted by Gasteiger charge is 2.35. The minimum atomic E-state index is -4.43. The van der Waals surface area contributed by atoms with Crippen molar-refractivity contribution in [1.29, 1.82) is 0 Å². The molecule has 0 heterocycles. The van der Waals surface area contributed by atoms with E-state index in [1.165, 1.54) is 57.6 Å². The molecule has 3 rings (SSSR count). The molecule has 0 aliphatic rings. The highest BCUT2D eigenvalue weighted by Crippen LogP contribution is 2.37. The summed E-state index contributed by atoms with van der Waals surface area (Å²) in [6.45, 7) is 4.92. The first-order valence-electron chi connectivity index (χ1n) is 14.1. The number of rotatable bonds is 15. The standard InChI is InChI=1S/C32H41N3O8S/c1-8-26(32(37)33-22(2)3)34(20-23-12-10-9-11-13-23)31(36)21-35(27-18-24(40-4)14-16-28(27)41-5)44(38,39)25-15-17-29(42-6)30(19-25)43-7/h9-19,22,26H,8,20-21H2,1-7H3,(H,33,37)/t26-/m0/s1. The van der Waals surface area contributed by atoms with E-state index < -0.39 is 28.5 Å². The van der Waals surface area contributed by atoms with Crippen molar-refractivity contribution >= 4 is 27.5 Å². The SMILES string of the molecule is CC[C@@H](C(=O)NC(C)C)N(Cc1ccccc1)C(=O)CN(c1cc(OC)ccc1OC)S(=O)(=O)c1ccc(OC)c(OC)c1. The third-order valence-electron chi connectivity index (χ3n) is 6.89. The van der Waals surface area contributed by atoms with Crippen LogP contribution in [0.25, 0.3) is 0 Å². The molecular weight excluding hydrogens is 586 g/mol. The van der Waals surface area contributed by atoms with Crippen molar-refractivity contribution in [1.82, 2.24) is 10.2 Å². The van der Waals surface area contributed by atoms with E-state index in [1.807, 2.05) is 44.2 Å². The fraction of sp³-hybridized carbons (Fsp3) is 0.375. The van der Waals surface area contributed by atoms with Gasteiger partial charge < -0.3 is 29.2 Å². The summed E-state index contributed by atoms with van der Waals surface area (Å²) >= 11 is 0. The van der Waals surface area contributed by atoms with Crippen LogP contribution in [0.1, 0.15) is 32.8 Å². The van der Waals surface area contributed by atoms with Gasteiger partial charge in [-0.25, -0.2) is 8.42 Å². The van der Waals surface area contributed by atoms with Crippen molar-refractivity contribution in [2.24, 2.45) is 0 Å². The number of hydrogen-bond acceptors (Lipinski definition) is 8. The van der Waals surface area contributed by atoms with Crippen molar-refractivity contribution in [2.45, 2.75) is 50.7 Å². The summed E-state index contributed by atoms with van der Waals surface area (Å²) in [5, 5.41) is 2.89. The molecule has 0 fully saturated rings. The first-order chi connectivity index (χ1) is 21.0. The molecule has 0 radical (unpaired) electrons. The number of sulfonamides is 1. The average Bonchev–Trinajstić information content (AvgIpc) is 3.02. The van der Waals surface area contributed by atoms with Gasteiger partial charge in [-0.1, -0.05) is 37.3 Å². The largest absolute Gasteiger partial charge is 0.497 e. The van der Waals surface area contributed by atoms with E-state index in [0.717, 1.165) is 9.87 Å². The molecule has 3 aromatic rings. The van der Waals surface area contributed by atoms with Crippen LogP contribution in [-0.4, -0.2) is 72.2 Å². The Bertz CT molecular complexity index is 1530. The smallest absolute Gasteiger partial charge is 0.265 e. The number of benzene rings is 3. The Morgan fingerprint density at radius 1 is 0.818 bits per heavy atom. The van der Waals surface area contributed by atoms with Crippen molar-refractivity contribution in [3.8, 4) is 23.0 Å². The summed E-state index contributed by atoms with van der Waals surface area (Å²) < 4.78 is 51.3. The van der Waals surface area contributed by atoms with E-state index in [0.29, 0.717) is 17.9 Å². The van der Waals surface area contributed by atoms with Gasteiger partial charge >= 0.3 is 0 Å². The number of nitrogens with zero attached hydrogens (tertiary/aromatic N) is 2. The Morgan fingerprint density at radius 3 is 2.02 bits per heavy atom. The minimum Gasteiger partial charge on any atom is -0.497 e. The fourth-order valence-corrected chi connectivity index (χ4v) is 6.12. The van der Waals surface area contributed by atoms with E-state index in [4.69, 9.17) is 18.9 Å². The number of nitrogens with one attached hydrogen (secondary N) is 1. The Hall–Kier alpha value is -4.45. The van der Waals surface area contributed by atoms with Gasteiger partial charge in [0.2, 0.25) is 11.8 Å². The molecule has 1 N–H and O–H groups in total. The molecule has 2 amide bonds. The monoisotopic (exact) mass is 627 g/mol. The second-order valence-corrected chi connectivity index (χ2v) is 12.0. The maximum Gasteiger partial charge on any atom is 0.265 e. The van der Waals surface area contributed by atoms with Crippen LogP contribution in [0.2, 0.25) is 0 Å². The normalized spacial score (nSPS) is 11.8. The van der Waals surface area contributed by atoms with Crippen LogP contribution in [-0.2, 0) is 26.2 Å². The van der Waals surface area contributed by atoms with Gasteiger partial charge in [0.25, 0.3) is 10.0 Å². The fourth-order valence-electron chi connectivity index (χ4n) is 4.69. The third-order valence-corrected chi connectivity index (χ3v) is 8.64. The Morgan fingerprint density at radius 2 is 1.45 bits per heavy atom. The summed E-state index contributed by atoms with van der Waals surface area (Å²) in [4.78, 5) is 28.9. The number of hydrogen-bond donors (Lipinski definition) is 1. The molecule has 0 spiro atoms. The van der Waals surface area contributed by atoms with Gasteiger partial charge in [-0.2, -0.15) is 0 Å². The van der Waals surface area contributed by atoms with Crippen LogP contribution in [0.5, 0.6) is 23.0 Å². The van der Waals surface area contributed by atoms with E-state index in [-0.39, 0.29) is 40.6 Å². The van der Waals surface area contributed by atoms with E-state index in [9.17, 15) is 18.0 Å². The molecule has 44 heavy (non-hydrogen) atoms. The first-order valence-corrected chi connectivity index (χ1v) is 15.5. The van der Waals surface area contributed by atoms with Gasteiger partial charge in [-0.15, -0.1) is 0 Å². The van der Waals surface area contributed by atoms with E-state index >= 15 is 0 Å². The lowest BCUT2D eigenvalue weighted by Gasteiger charge is -2.34. The van der Waals surface area contributed by atoms with Crippen LogP contribution in [0.4, 0.5) is 5.69 Å². The van der Waals surface area contributed by atoms with E-state index in [2.05, 4.69) is 5.32 Å². The topological polar surface area (TPSA) is 124 Å². The molecule has 0 saturated heterocycles. The molecule has 12 heteroatoms. The zero-order valence-corrected chi connectivity index (χ0v) is 27.0. The first kappa shape index (κ1) is 34.0. The Balaban J connectivity index is 2.19. The summed E-state index contributed by atoms with van der Waals surface area (Å²) in [5.74, 6) is 0.156. The van der Waals surface area contributed by atoms with Gasteiger partial charge in [-0.3, -0.25) is 13.9 Å². The van der Waals surface area contributed by atoms with Crippen molar-refractivity contribution in [3.63, 3.8) is 0 Å². The van der Waals surface area contributed by atoms with E-state index in [1.54, 1.807) is 19.1 Å². The number of anilines is 1. The molecule has 0 aliphatic heterocycles. The third kappa shape index (κ3) is 7.93. The molecule has 0 bridgehead atoms. The molecule has 238 valence electrons. The lowest BCUT2D eigenvalue weighted by Crippen LogP contribution is -2.53. The number of methoxy groups -OCH3 is 4. The lowest BCUT2D eigenvalue weighted by molar-refractivity contribution is -0.140. The molecule has 0 saturated carbocycles. The molecule has 0 aliphatic carbocycles. The molecule has 0 unspecified atom stereocenters. The number of carbonyl (C=O) groups is 2. The highest BCUT2D eigenvalue weighted by atomic mass is 32.2. The number of carbonyl (C=O) groups excluding carboxylic acids is 2. The molecular formula is C32H41N3O8S. The summed E-state index contributed by atoms with van der Waals surface area (Å²) in [7, 11) is 1.26. The Labute approximate surface area is 259 Å². The zero-order chi connectivity index (χ0) is 32.4. The zero-order valence-electron chi connectivity index (χ0n) is 26.2. The van der Waals surface area contributed by atoms with Crippen LogP contribution in [0.3, 0.4) is 0 Å². The van der Waals surface area contributed by atoms with Crippen molar-refractivity contribution in [2.75, 3.05) is 39.3 Å². The van der Waals surface area contributed by atoms with Crippen LogP contribution in [0.15, 0.2) is 71.6 Å².